The second-order valence-corrected chi connectivity index (χ2v) is 9.48. The third-order valence-corrected chi connectivity index (χ3v) is 6.98. The molecule has 7 rings (SSSR count). The van der Waals surface area contributed by atoms with Gasteiger partial charge in [-0.2, -0.15) is 0 Å². The Hall–Kier alpha value is -5.62. The van der Waals surface area contributed by atoms with Gasteiger partial charge in [0.1, 0.15) is 0 Å². The number of nitrogens with zero attached hydrogens (tertiary/aromatic N) is 4. The summed E-state index contributed by atoms with van der Waals surface area (Å²) >= 11 is 0. The Morgan fingerprint density at radius 3 is 1.55 bits per heavy atom. The van der Waals surface area contributed by atoms with Gasteiger partial charge in [-0.3, -0.25) is 10.8 Å². The number of para-hydroxylation sites is 1. The van der Waals surface area contributed by atoms with Crippen LogP contribution in [0.4, 0.5) is 0 Å². The van der Waals surface area contributed by atoms with Crippen molar-refractivity contribution in [1.82, 2.24) is 19.9 Å². The van der Waals surface area contributed by atoms with Gasteiger partial charge in [-0.05, 0) is 12.1 Å². The van der Waals surface area contributed by atoms with Crippen LogP contribution < -0.4 is 0 Å². The van der Waals surface area contributed by atoms with Crippen molar-refractivity contribution in [2.45, 2.75) is 0 Å². The zero-order valence-corrected chi connectivity index (χ0v) is 21.3. The lowest BCUT2D eigenvalue weighted by Gasteiger charge is -2.22. The molecule has 1 aliphatic rings. The second-order valence-electron chi connectivity index (χ2n) is 9.48. The van der Waals surface area contributed by atoms with Crippen molar-refractivity contribution in [1.29, 1.82) is 10.8 Å². The molecule has 0 saturated carbocycles. The molecule has 0 amide bonds. The first-order chi connectivity index (χ1) is 19.7. The van der Waals surface area contributed by atoms with E-state index in [0.717, 1.165) is 38.9 Å². The van der Waals surface area contributed by atoms with E-state index in [2.05, 4.69) is 0 Å². The fraction of sp³-hybridized carbons (Fsp3) is 0. The summed E-state index contributed by atoms with van der Waals surface area (Å²) in [6.07, 6.45) is 1.91. The van der Waals surface area contributed by atoms with Crippen LogP contribution in [0.25, 0.3) is 56.6 Å². The van der Waals surface area contributed by atoms with Gasteiger partial charge in [0.25, 0.3) is 0 Å². The third kappa shape index (κ3) is 3.99. The van der Waals surface area contributed by atoms with Gasteiger partial charge in [0.15, 0.2) is 17.5 Å². The minimum atomic E-state index is 0.0621. The monoisotopic (exact) mass is 514 g/mol. The number of hydrogen-bond acceptors (Lipinski definition) is 6. The summed E-state index contributed by atoms with van der Waals surface area (Å²) in [6, 6.07) is 37.2. The SMILES string of the molecule is N=C1C(=N)c2c(c(-c3ccccc3)nc3ccccc23)C=C1c1nc(-c2ccccc2)nc(-c2ccccc2)n1. The van der Waals surface area contributed by atoms with Gasteiger partial charge in [-0.15, -0.1) is 0 Å². The highest BCUT2D eigenvalue weighted by Crippen LogP contribution is 2.37. The normalized spacial score (nSPS) is 12.8. The highest BCUT2D eigenvalue weighted by molar-refractivity contribution is 6.64. The number of fused-ring (bicyclic) bond motifs is 3. The maximum atomic E-state index is 9.17. The van der Waals surface area contributed by atoms with Crippen molar-refractivity contribution >= 4 is 34.0 Å². The molecule has 0 atom stereocenters. The lowest BCUT2D eigenvalue weighted by molar-refractivity contribution is 1.04. The van der Waals surface area contributed by atoms with Gasteiger partial charge < -0.3 is 0 Å². The van der Waals surface area contributed by atoms with Crippen molar-refractivity contribution in [2.75, 3.05) is 0 Å². The molecule has 0 bridgehead atoms. The first-order valence-corrected chi connectivity index (χ1v) is 12.9. The molecule has 0 unspecified atom stereocenters. The first kappa shape index (κ1) is 23.5. The Morgan fingerprint density at radius 2 is 0.950 bits per heavy atom. The first-order valence-electron chi connectivity index (χ1n) is 12.9. The Balaban J connectivity index is 1.51. The Morgan fingerprint density at radius 1 is 0.450 bits per heavy atom. The number of hydrogen-bond donors (Lipinski definition) is 2. The number of rotatable bonds is 4. The highest BCUT2D eigenvalue weighted by atomic mass is 15.0. The molecule has 0 spiro atoms. The quantitative estimate of drug-likeness (QED) is 0.257. The molecule has 0 saturated heterocycles. The van der Waals surface area contributed by atoms with E-state index in [9.17, 15) is 0 Å². The third-order valence-electron chi connectivity index (χ3n) is 6.98. The molecule has 0 fully saturated rings. The van der Waals surface area contributed by atoms with Crippen molar-refractivity contribution in [3.63, 3.8) is 0 Å². The standard InChI is InChI=1S/C34H22N6/c35-29-26(34-39-32(22-14-6-2-7-15-22)38-33(40-34)23-16-8-3-9-17-23)20-25-28(30(29)36)24-18-10-11-19-27(24)37-31(25)21-12-4-1-5-13-21/h1-20,35-36H. The minimum absolute atomic E-state index is 0.0621. The predicted molar refractivity (Wildman–Crippen MR) is 160 cm³/mol. The molecular weight excluding hydrogens is 492 g/mol. The summed E-state index contributed by atoms with van der Waals surface area (Å²) in [7, 11) is 0. The van der Waals surface area contributed by atoms with Gasteiger partial charge in [0, 0.05) is 38.8 Å². The number of allylic oxidation sites excluding steroid dienone is 1. The van der Waals surface area contributed by atoms with Crippen molar-refractivity contribution < 1.29 is 0 Å². The van der Waals surface area contributed by atoms with Gasteiger partial charge in [-0.1, -0.05) is 109 Å². The molecule has 2 heterocycles. The van der Waals surface area contributed by atoms with E-state index in [1.165, 1.54) is 0 Å². The molecule has 6 heteroatoms. The Kier molecular flexibility index (Phi) is 5.64. The smallest absolute Gasteiger partial charge is 0.166 e. The van der Waals surface area contributed by atoms with Gasteiger partial charge in [-0.25, -0.2) is 19.9 Å². The number of aromatic nitrogens is 4. The average molecular weight is 515 g/mol. The highest BCUT2D eigenvalue weighted by Gasteiger charge is 2.29. The average Bonchev–Trinajstić information content (AvgIpc) is 3.03. The van der Waals surface area contributed by atoms with Gasteiger partial charge in [0.2, 0.25) is 0 Å². The van der Waals surface area contributed by atoms with Crippen LogP contribution in [0, 0.1) is 10.8 Å². The number of nitrogens with one attached hydrogen (secondary N) is 2. The van der Waals surface area contributed by atoms with Crippen molar-refractivity contribution in [2.24, 2.45) is 0 Å². The molecule has 1 aliphatic carbocycles. The largest absolute Gasteiger partial charge is 0.298 e. The fourth-order valence-corrected chi connectivity index (χ4v) is 5.03. The summed E-state index contributed by atoms with van der Waals surface area (Å²) in [5, 5.41) is 19.1. The molecule has 0 aliphatic heterocycles. The summed E-state index contributed by atoms with van der Waals surface area (Å²) in [5.41, 5.74) is 6.28. The van der Waals surface area contributed by atoms with E-state index >= 15 is 0 Å². The van der Waals surface area contributed by atoms with Gasteiger partial charge >= 0.3 is 0 Å². The minimum Gasteiger partial charge on any atom is -0.298 e. The lowest BCUT2D eigenvalue weighted by atomic mass is 9.84. The molecule has 2 aromatic heterocycles. The summed E-state index contributed by atoms with van der Waals surface area (Å²) in [5.74, 6) is 1.37. The molecule has 2 N–H and O–H groups in total. The van der Waals surface area contributed by atoms with Crippen molar-refractivity contribution in [3.8, 4) is 34.0 Å². The topological polar surface area (TPSA) is 99.3 Å². The zero-order valence-electron chi connectivity index (χ0n) is 21.3. The fourth-order valence-electron chi connectivity index (χ4n) is 5.03. The van der Waals surface area contributed by atoms with E-state index in [1.807, 2.05) is 121 Å². The molecule has 6 aromatic rings. The molecule has 188 valence electrons. The van der Waals surface area contributed by atoms with E-state index in [-0.39, 0.29) is 11.4 Å². The van der Waals surface area contributed by atoms with Gasteiger partial charge in [0.05, 0.1) is 22.6 Å². The number of pyridine rings is 1. The van der Waals surface area contributed by atoms with Crippen LogP contribution in [0.3, 0.4) is 0 Å². The summed E-state index contributed by atoms with van der Waals surface area (Å²) in [6.45, 7) is 0. The van der Waals surface area contributed by atoms with Crippen LogP contribution in [0.2, 0.25) is 0 Å². The predicted octanol–water partition coefficient (Wildman–Crippen LogP) is 7.36. The molecule has 0 radical (unpaired) electrons. The second kappa shape index (κ2) is 9.60. The summed E-state index contributed by atoms with van der Waals surface area (Å²) < 4.78 is 0. The van der Waals surface area contributed by atoms with Crippen molar-refractivity contribution in [3.05, 3.63) is 132 Å². The number of benzene rings is 4. The van der Waals surface area contributed by atoms with Crippen LogP contribution in [0.1, 0.15) is 17.0 Å². The maximum absolute atomic E-state index is 9.17. The van der Waals surface area contributed by atoms with Crippen LogP contribution in [-0.2, 0) is 0 Å². The van der Waals surface area contributed by atoms with Crippen LogP contribution in [0.5, 0.6) is 0 Å². The van der Waals surface area contributed by atoms with Crippen LogP contribution in [0.15, 0.2) is 115 Å². The van der Waals surface area contributed by atoms with E-state index < -0.39 is 0 Å². The van der Waals surface area contributed by atoms with E-state index in [0.29, 0.717) is 28.6 Å². The molecule has 4 aromatic carbocycles. The Labute approximate surface area is 230 Å². The maximum Gasteiger partial charge on any atom is 0.166 e. The lowest BCUT2D eigenvalue weighted by Crippen LogP contribution is -2.23. The molecular formula is C34H22N6. The molecule has 6 nitrogen and oxygen atoms in total. The summed E-state index contributed by atoms with van der Waals surface area (Å²) in [4.78, 5) is 19.4. The van der Waals surface area contributed by atoms with E-state index in [4.69, 9.17) is 30.8 Å². The Bertz CT molecular complexity index is 1910. The van der Waals surface area contributed by atoms with E-state index in [1.54, 1.807) is 0 Å². The zero-order chi connectivity index (χ0) is 27.1. The van der Waals surface area contributed by atoms with Crippen LogP contribution in [-0.4, -0.2) is 31.4 Å². The van der Waals surface area contributed by atoms with Crippen LogP contribution >= 0.6 is 0 Å². The molecule has 40 heavy (non-hydrogen) atoms.